The largest absolute Gasteiger partial charge is 0.390 e. The Morgan fingerprint density at radius 2 is 1.79 bits per heavy atom. The number of carbonyl (C=O) groups is 1. The third-order valence-corrected chi connectivity index (χ3v) is 4.57. The lowest BCUT2D eigenvalue weighted by Gasteiger charge is -2.57. The van der Waals surface area contributed by atoms with Gasteiger partial charge in [-0.15, -0.1) is 0 Å². The third-order valence-electron chi connectivity index (χ3n) is 4.57. The number of hydrogen-bond acceptors (Lipinski definition) is 2. The number of aliphatic hydroxyl groups is 1. The maximum atomic E-state index is 11.3. The Hall–Kier alpha value is -0.570. The zero-order valence-electron chi connectivity index (χ0n) is 8.28. The fraction of sp³-hybridized carbons (Fsp3) is 0.909. The van der Waals surface area contributed by atoms with Crippen LogP contribution in [0, 0.1) is 23.7 Å². The predicted molar refractivity (Wildman–Crippen MR) is 51.2 cm³/mol. The van der Waals surface area contributed by atoms with Crippen LogP contribution in [0.3, 0.4) is 0 Å². The van der Waals surface area contributed by atoms with Crippen LogP contribution in [0.15, 0.2) is 0 Å². The molecule has 0 saturated heterocycles. The van der Waals surface area contributed by atoms with E-state index < -0.39 is 5.60 Å². The van der Waals surface area contributed by atoms with Crippen LogP contribution >= 0.6 is 0 Å². The standard InChI is InChI=1S/C11H17NO2/c12-10(13)9-7-1-6-2-8(9)5-11(14,3-6)4-7/h6-9,14H,1-5H2,(H2,12,13)/t6?,7-,8+,9?,11?. The van der Waals surface area contributed by atoms with Crippen molar-refractivity contribution in [1.29, 1.82) is 0 Å². The van der Waals surface area contributed by atoms with Crippen molar-refractivity contribution in [2.45, 2.75) is 37.7 Å². The minimum atomic E-state index is -0.442. The molecule has 0 heterocycles. The molecule has 4 bridgehead atoms. The maximum absolute atomic E-state index is 11.3. The van der Waals surface area contributed by atoms with E-state index >= 15 is 0 Å². The van der Waals surface area contributed by atoms with Gasteiger partial charge in [-0.1, -0.05) is 0 Å². The first-order chi connectivity index (χ1) is 6.57. The van der Waals surface area contributed by atoms with Crippen molar-refractivity contribution in [3.8, 4) is 0 Å². The molecule has 0 aromatic carbocycles. The molecule has 4 fully saturated rings. The van der Waals surface area contributed by atoms with Crippen molar-refractivity contribution in [2.75, 3.05) is 0 Å². The molecule has 4 saturated carbocycles. The van der Waals surface area contributed by atoms with Crippen LogP contribution in [0.5, 0.6) is 0 Å². The molecule has 5 atom stereocenters. The van der Waals surface area contributed by atoms with Gasteiger partial charge < -0.3 is 10.8 Å². The van der Waals surface area contributed by atoms with Gasteiger partial charge >= 0.3 is 0 Å². The van der Waals surface area contributed by atoms with Gasteiger partial charge in [-0.05, 0) is 49.9 Å². The fourth-order valence-electron chi connectivity index (χ4n) is 4.45. The van der Waals surface area contributed by atoms with Gasteiger partial charge in [-0.3, -0.25) is 4.79 Å². The minimum Gasteiger partial charge on any atom is -0.390 e. The van der Waals surface area contributed by atoms with E-state index in [1.807, 2.05) is 0 Å². The molecule has 3 nitrogen and oxygen atoms in total. The van der Waals surface area contributed by atoms with Gasteiger partial charge in [0.15, 0.2) is 0 Å². The molecule has 4 aliphatic rings. The van der Waals surface area contributed by atoms with Gasteiger partial charge in [0.2, 0.25) is 5.91 Å². The summed E-state index contributed by atoms with van der Waals surface area (Å²) in [7, 11) is 0. The summed E-state index contributed by atoms with van der Waals surface area (Å²) in [4.78, 5) is 11.3. The number of primary amides is 1. The van der Waals surface area contributed by atoms with Crippen LogP contribution in [-0.2, 0) is 4.79 Å². The van der Waals surface area contributed by atoms with E-state index in [0.29, 0.717) is 17.8 Å². The van der Waals surface area contributed by atoms with Crippen LogP contribution < -0.4 is 5.73 Å². The molecule has 1 amide bonds. The van der Waals surface area contributed by atoms with Crippen LogP contribution in [0.2, 0.25) is 0 Å². The molecule has 4 aliphatic carbocycles. The number of carbonyl (C=O) groups excluding carboxylic acids is 1. The summed E-state index contributed by atoms with van der Waals surface area (Å²) >= 11 is 0. The summed E-state index contributed by atoms with van der Waals surface area (Å²) in [5, 5.41) is 10.2. The highest BCUT2D eigenvalue weighted by Gasteiger charge is 2.56. The van der Waals surface area contributed by atoms with Gasteiger partial charge in [0.1, 0.15) is 0 Å². The van der Waals surface area contributed by atoms with E-state index in [0.717, 1.165) is 32.1 Å². The summed E-state index contributed by atoms with van der Waals surface area (Å²) in [6, 6.07) is 0. The third kappa shape index (κ3) is 1.05. The Labute approximate surface area is 83.7 Å². The average Bonchev–Trinajstić information content (AvgIpc) is 1.97. The summed E-state index contributed by atoms with van der Waals surface area (Å²) in [5.74, 6) is 1.34. The summed E-state index contributed by atoms with van der Waals surface area (Å²) in [6.07, 6.45) is 4.82. The van der Waals surface area contributed by atoms with E-state index in [9.17, 15) is 9.90 Å². The second-order valence-electron chi connectivity index (χ2n) is 5.62. The van der Waals surface area contributed by atoms with Gasteiger partial charge in [0.25, 0.3) is 0 Å². The predicted octanol–water partition coefficient (Wildman–Crippen LogP) is 0.659. The SMILES string of the molecule is NC(=O)C1[C@@H]2CC3C[C@H]1CC(O)(C3)C2. The van der Waals surface area contributed by atoms with Crippen LogP contribution in [-0.4, -0.2) is 16.6 Å². The normalized spacial score (nSPS) is 54.9. The quantitative estimate of drug-likeness (QED) is 0.645. The fourth-order valence-corrected chi connectivity index (χ4v) is 4.45. The van der Waals surface area contributed by atoms with Crippen molar-refractivity contribution < 1.29 is 9.90 Å². The van der Waals surface area contributed by atoms with E-state index in [2.05, 4.69) is 0 Å². The van der Waals surface area contributed by atoms with Crippen LogP contribution in [0.1, 0.15) is 32.1 Å². The molecule has 0 radical (unpaired) electrons. The van der Waals surface area contributed by atoms with Crippen molar-refractivity contribution >= 4 is 5.91 Å². The van der Waals surface area contributed by atoms with Gasteiger partial charge in [-0.25, -0.2) is 0 Å². The molecule has 0 aliphatic heterocycles. The molecule has 14 heavy (non-hydrogen) atoms. The highest BCUT2D eigenvalue weighted by atomic mass is 16.3. The van der Waals surface area contributed by atoms with Crippen molar-refractivity contribution in [3.63, 3.8) is 0 Å². The number of hydrogen-bond donors (Lipinski definition) is 2. The Bertz CT molecular complexity index is 273. The molecule has 0 aromatic heterocycles. The minimum absolute atomic E-state index is 0.0619. The molecule has 3 N–H and O–H groups in total. The monoisotopic (exact) mass is 195 g/mol. The lowest BCUT2D eigenvalue weighted by molar-refractivity contribution is -0.163. The molecule has 4 rings (SSSR count). The first kappa shape index (κ1) is 8.72. The summed E-state index contributed by atoms with van der Waals surface area (Å²) in [6.45, 7) is 0. The van der Waals surface area contributed by atoms with Crippen LogP contribution in [0.25, 0.3) is 0 Å². The molecular formula is C11H17NO2. The summed E-state index contributed by atoms with van der Waals surface area (Å²) < 4.78 is 0. The molecule has 3 heteroatoms. The second-order valence-corrected chi connectivity index (χ2v) is 5.62. The Kier molecular flexibility index (Phi) is 1.56. The zero-order valence-corrected chi connectivity index (χ0v) is 8.28. The van der Waals surface area contributed by atoms with E-state index in [-0.39, 0.29) is 11.8 Å². The zero-order chi connectivity index (χ0) is 9.92. The maximum Gasteiger partial charge on any atom is 0.221 e. The van der Waals surface area contributed by atoms with Gasteiger partial charge in [0.05, 0.1) is 5.60 Å². The average molecular weight is 195 g/mol. The topological polar surface area (TPSA) is 63.3 Å². The van der Waals surface area contributed by atoms with Crippen molar-refractivity contribution in [1.82, 2.24) is 0 Å². The number of amides is 1. The Balaban J connectivity index is 1.93. The van der Waals surface area contributed by atoms with Crippen molar-refractivity contribution in [3.05, 3.63) is 0 Å². The van der Waals surface area contributed by atoms with Gasteiger partial charge in [0, 0.05) is 5.92 Å². The number of rotatable bonds is 1. The highest BCUT2D eigenvalue weighted by Crippen LogP contribution is 2.58. The van der Waals surface area contributed by atoms with Crippen LogP contribution in [0.4, 0.5) is 0 Å². The smallest absolute Gasteiger partial charge is 0.221 e. The molecule has 3 unspecified atom stereocenters. The Morgan fingerprint density at radius 3 is 2.21 bits per heavy atom. The second kappa shape index (κ2) is 2.51. The molecular weight excluding hydrogens is 178 g/mol. The molecule has 0 spiro atoms. The first-order valence-corrected chi connectivity index (χ1v) is 5.59. The highest BCUT2D eigenvalue weighted by molar-refractivity contribution is 5.77. The number of nitrogens with two attached hydrogens (primary N) is 1. The Morgan fingerprint density at radius 1 is 1.21 bits per heavy atom. The molecule has 0 aromatic rings. The lowest BCUT2D eigenvalue weighted by atomic mass is 9.50. The first-order valence-electron chi connectivity index (χ1n) is 5.59. The summed E-state index contributed by atoms with van der Waals surface area (Å²) in [5.41, 5.74) is 5.00. The van der Waals surface area contributed by atoms with E-state index in [1.54, 1.807) is 0 Å². The van der Waals surface area contributed by atoms with Gasteiger partial charge in [-0.2, -0.15) is 0 Å². The van der Waals surface area contributed by atoms with E-state index in [4.69, 9.17) is 5.73 Å². The lowest BCUT2D eigenvalue weighted by Crippen LogP contribution is -2.57. The van der Waals surface area contributed by atoms with Crippen molar-refractivity contribution in [2.24, 2.45) is 29.4 Å². The molecule has 78 valence electrons. The van der Waals surface area contributed by atoms with E-state index in [1.165, 1.54) is 0 Å².